The molecule has 0 amide bonds. The lowest BCUT2D eigenvalue weighted by atomic mass is 9.99. The topological polar surface area (TPSA) is 38.2 Å². The largest absolute Gasteiger partial charge is 0.479 e. The van der Waals surface area contributed by atoms with Gasteiger partial charge in [0.05, 0.1) is 12.8 Å². The van der Waals surface area contributed by atoms with E-state index in [-0.39, 0.29) is 0 Å². The van der Waals surface area contributed by atoms with Crippen LogP contribution >= 0.6 is 0 Å². The lowest BCUT2D eigenvalue weighted by Gasteiger charge is -2.27. The number of benzene rings is 1. The van der Waals surface area contributed by atoms with Crippen LogP contribution < -0.4 is 9.64 Å². The molecule has 0 saturated carbocycles. The normalized spacial score (nSPS) is 10.9. The van der Waals surface area contributed by atoms with Gasteiger partial charge in [-0.1, -0.05) is 38.5 Å². The van der Waals surface area contributed by atoms with E-state index in [2.05, 4.69) is 58.6 Å². The predicted octanol–water partition coefficient (Wildman–Crippen LogP) is 5.27. The van der Waals surface area contributed by atoms with Crippen LogP contribution in [0.2, 0.25) is 0 Å². The monoisotopic (exact) mass is 355 g/mol. The standard InChI is InChI=1S/C22H33N3O/c1-8-11-25(12-9-2)20-18(10-3)23-21(24-22(20)26-7)19-16(5)13-15(4)14-17(19)6/h13-14H,8-12H2,1-7H3. The van der Waals surface area contributed by atoms with Crippen LogP contribution in [0.25, 0.3) is 11.4 Å². The highest BCUT2D eigenvalue weighted by Crippen LogP contribution is 2.35. The molecule has 0 aliphatic rings. The van der Waals surface area contributed by atoms with Gasteiger partial charge in [-0.2, -0.15) is 4.98 Å². The number of hydrogen-bond donors (Lipinski definition) is 0. The minimum absolute atomic E-state index is 0.688. The van der Waals surface area contributed by atoms with E-state index in [0.717, 1.165) is 55.1 Å². The van der Waals surface area contributed by atoms with Crippen molar-refractivity contribution in [1.82, 2.24) is 9.97 Å². The van der Waals surface area contributed by atoms with Crippen LogP contribution in [-0.2, 0) is 6.42 Å². The number of ether oxygens (including phenoxy) is 1. The molecule has 0 aliphatic heterocycles. The Bertz CT molecular complexity index is 701. The third kappa shape index (κ3) is 4.17. The highest BCUT2D eigenvalue weighted by molar-refractivity contribution is 5.69. The van der Waals surface area contributed by atoms with Crippen LogP contribution in [0.5, 0.6) is 5.88 Å². The summed E-state index contributed by atoms with van der Waals surface area (Å²) in [5.41, 5.74) is 6.92. The van der Waals surface area contributed by atoms with Crippen LogP contribution in [-0.4, -0.2) is 30.2 Å². The fourth-order valence-electron chi connectivity index (χ4n) is 3.70. The summed E-state index contributed by atoms with van der Waals surface area (Å²) in [7, 11) is 1.71. The van der Waals surface area contributed by atoms with Crippen molar-refractivity contribution in [2.24, 2.45) is 0 Å². The summed E-state index contributed by atoms with van der Waals surface area (Å²) in [6.07, 6.45) is 3.03. The number of methoxy groups -OCH3 is 1. The van der Waals surface area contributed by atoms with E-state index in [0.29, 0.717) is 5.88 Å². The third-order valence-electron chi connectivity index (χ3n) is 4.66. The van der Waals surface area contributed by atoms with E-state index in [1.807, 2.05) is 0 Å². The Morgan fingerprint density at radius 3 is 1.96 bits per heavy atom. The molecule has 1 aromatic heterocycles. The Morgan fingerprint density at radius 2 is 1.50 bits per heavy atom. The lowest BCUT2D eigenvalue weighted by molar-refractivity contribution is 0.396. The molecule has 26 heavy (non-hydrogen) atoms. The summed E-state index contributed by atoms with van der Waals surface area (Å²) < 4.78 is 5.73. The summed E-state index contributed by atoms with van der Waals surface area (Å²) >= 11 is 0. The quantitative estimate of drug-likeness (QED) is 0.647. The molecule has 0 N–H and O–H groups in total. The summed E-state index contributed by atoms with van der Waals surface area (Å²) in [6.45, 7) is 14.9. The van der Waals surface area contributed by atoms with Crippen molar-refractivity contribution in [3.8, 4) is 17.3 Å². The maximum absolute atomic E-state index is 5.73. The number of rotatable bonds is 8. The first-order valence-corrected chi connectivity index (χ1v) is 9.74. The van der Waals surface area contributed by atoms with Gasteiger partial charge < -0.3 is 9.64 Å². The van der Waals surface area contributed by atoms with Crippen LogP contribution in [0.1, 0.15) is 56.0 Å². The Labute approximate surface area is 158 Å². The Balaban J connectivity index is 2.66. The van der Waals surface area contributed by atoms with Crippen molar-refractivity contribution < 1.29 is 4.74 Å². The van der Waals surface area contributed by atoms with Crippen LogP contribution in [0.15, 0.2) is 12.1 Å². The summed E-state index contributed by atoms with van der Waals surface area (Å²) in [5.74, 6) is 1.46. The molecule has 0 aliphatic carbocycles. The number of aryl methyl sites for hydroxylation is 4. The van der Waals surface area contributed by atoms with Crippen LogP contribution in [0, 0.1) is 20.8 Å². The van der Waals surface area contributed by atoms with Gasteiger partial charge in [0.15, 0.2) is 5.82 Å². The fourth-order valence-corrected chi connectivity index (χ4v) is 3.70. The molecule has 0 fully saturated rings. The van der Waals surface area contributed by atoms with Gasteiger partial charge in [0.2, 0.25) is 5.88 Å². The molecule has 4 heteroatoms. The summed E-state index contributed by atoms with van der Waals surface area (Å²) in [4.78, 5) is 12.2. The minimum Gasteiger partial charge on any atom is -0.479 e. The van der Waals surface area contributed by atoms with E-state index in [9.17, 15) is 0 Å². The highest BCUT2D eigenvalue weighted by atomic mass is 16.5. The van der Waals surface area contributed by atoms with Gasteiger partial charge in [-0.3, -0.25) is 0 Å². The molecule has 0 atom stereocenters. The Hall–Kier alpha value is -2.10. The molecule has 2 aromatic rings. The number of hydrogen-bond acceptors (Lipinski definition) is 4. The van der Waals surface area contributed by atoms with E-state index in [1.54, 1.807) is 7.11 Å². The Kier molecular flexibility index (Phi) is 7.01. The van der Waals surface area contributed by atoms with E-state index in [1.165, 1.54) is 16.7 Å². The van der Waals surface area contributed by atoms with Gasteiger partial charge in [-0.25, -0.2) is 4.98 Å². The molecule has 0 spiro atoms. The van der Waals surface area contributed by atoms with Crippen molar-refractivity contribution >= 4 is 5.69 Å². The maximum atomic E-state index is 5.73. The van der Waals surface area contributed by atoms with Gasteiger partial charge in [-0.15, -0.1) is 0 Å². The Morgan fingerprint density at radius 1 is 0.923 bits per heavy atom. The molecule has 2 rings (SSSR count). The van der Waals surface area contributed by atoms with Crippen molar-refractivity contribution in [2.75, 3.05) is 25.1 Å². The smallest absolute Gasteiger partial charge is 0.241 e. The first-order chi connectivity index (χ1) is 12.5. The zero-order chi connectivity index (χ0) is 19.3. The zero-order valence-corrected chi connectivity index (χ0v) is 17.4. The fraction of sp³-hybridized carbons (Fsp3) is 0.545. The molecule has 0 radical (unpaired) electrons. The summed E-state index contributed by atoms with van der Waals surface area (Å²) in [5, 5.41) is 0. The van der Waals surface area contributed by atoms with Crippen LogP contribution in [0.4, 0.5) is 5.69 Å². The first kappa shape index (κ1) is 20.2. The molecule has 0 saturated heterocycles. The van der Waals surface area contributed by atoms with Crippen molar-refractivity contribution in [1.29, 1.82) is 0 Å². The summed E-state index contributed by atoms with van der Waals surface area (Å²) in [6, 6.07) is 4.39. The first-order valence-electron chi connectivity index (χ1n) is 9.74. The van der Waals surface area contributed by atoms with E-state index < -0.39 is 0 Å². The molecule has 0 bridgehead atoms. The molecule has 4 nitrogen and oxygen atoms in total. The van der Waals surface area contributed by atoms with Gasteiger partial charge >= 0.3 is 0 Å². The van der Waals surface area contributed by atoms with E-state index >= 15 is 0 Å². The number of anilines is 1. The molecule has 0 unspecified atom stereocenters. The number of aromatic nitrogens is 2. The predicted molar refractivity (Wildman–Crippen MR) is 110 cm³/mol. The minimum atomic E-state index is 0.688. The highest BCUT2D eigenvalue weighted by Gasteiger charge is 2.21. The van der Waals surface area contributed by atoms with Crippen molar-refractivity contribution in [3.63, 3.8) is 0 Å². The van der Waals surface area contributed by atoms with Gasteiger partial charge in [0, 0.05) is 18.7 Å². The maximum Gasteiger partial charge on any atom is 0.241 e. The number of nitrogens with zero attached hydrogens (tertiary/aromatic N) is 3. The van der Waals surface area contributed by atoms with Crippen molar-refractivity contribution in [3.05, 3.63) is 34.5 Å². The molecular weight excluding hydrogens is 322 g/mol. The SMILES string of the molecule is CCCN(CCC)c1c(CC)nc(-c2c(C)cc(C)cc2C)nc1OC. The second kappa shape index (κ2) is 9.02. The average Bonchev–Trinajstić information content (AvgIpc) is 2.59. The lowest BCUT2D eigenvalue weighted by Crippen LogP contribution is -2.27. The molecule has 1 aromatic carbocycles. The second-order valence-electron chi connectivity index (χ2n) is 6.97. The molecule has 1 heterocycles. The van der Waals surface area contributed by atoms with Gasteiger partial charge in [0.25, 0.3) is 0 Å². The van der Waals surface area contributed by atoms with Crippen molar-refractivity contribution in [2.45, 2.75) is 60.8 Å². The third-order valence-corrected chi connectivity index (χ3v) is 4.66. The molecule has 142 valence electrons. The molecular formula is C22H33N3O. The zero-order valence-electron chi connectivity index (χ0n) is 17.4. The van der Waals surface area contributed by atoms with Gasteiger partial charge in [0.1, 0.15) is 5.69 Å². The van der Waals surface area contributed by atoms with E-state index in [4.69, 9.17) is 14.7 Å². The van der Waals surface area contributed by atoms with Gasteiger partial charge in [-0.05, 0) is 51.2 Å². The average molecular weight is 356 g/mol. The van der Waals surface area contributed by atoms with Crippen LogP contribution in [0.3, 0.4) is 0 Å². The second-order valence-corrected chi connectivity index (χ2v) is 6.97.